The Kier molecular flexibility index (Phi) is 4.23. The molecule has 0 bridgehead atoms. The first kappa shape index (κ1) is 11.6. The maximum Gasteiger partial charge on any atom is 0.328 e. The number of hydrogen-bond acceptors (Lipinski definition) is 5. The highest BCUT2D eigenvalue weighted by Gasteiger charge is 2.09. The van der Waals surface area contributed by atoms with Gasteiger partial charge in [0.15, 0.2) is 5.82 Å². The first-order chi connectivity index (χ1) is 7.11. The number of rotatable bonds is 5. The van der Waals surface area contributed by atoms with Gasteiger partial charge in [0, 0.05) is 6.42 Å². The molecule has 1 rings (SSSR count). The van der Waals surface area contributed by atoms with Crippen molar-refractivity contribution in [3.63, 3.8) is 0 Å². The van der Waals surface area contributed by atoms with E-state index >= 15 is 0 Å². The van der Waals surface area contributed by atoms with Crippen molar-refractivity contribution in [1.29, 1.82) is 0 Å². The minimum absolute atomic E-state index is 0.126. The van der Waals surface area contributed by atoms with Gasteiger partial charge in [-0.2, -0.15) is 4.98 Å². The van der Waals surface area contributed by atoms with Crippen molar-refractivity contribution in [3.05, 3.63) is 5.82 Å². The lowest BCUT2D eigenvalue weighted by Crippen LogP contribution is -2.16. The molecule has 0 radical (unpaired) electrons. The third-order valence-corrected chi connectivity index (χ3v) is 2.04. The lowest BCUT2D eigenvalue weighted by Gasteiger charge is -2.06. The van der Waals surface area contributed by atoms with E-state index in [1.165, 1.54) is 0 Å². The van der Waals surface area contributed by atoms with E-state index in [1.807, 2.05) is 6.92 Å². The standard InChI is InChI=1S/C9H16N4O2/c1-6(5-10)3-4-8(14)12-9-11-7(2)13-15-9/h6H,3-5,10H2,1-2H3,(H,11,12,13,14). The van der Waals surface area contributed by atoms with Crippen LogP contribution in [0.15, 0.2) is 4.52 Å². The van der Waals surface area contributed by atoms with Gasteiger partial charge >= 0.3 is 6.01 Å². The van der Waals surface area contributed by atoms with Crippen molar-refractivity contribution in [3.8, 4) is 0 Å². The van der Waals surface area contributed by atoms with Crippen molar-refractivity contribution in [2.75, 3.05) is 11.9 Å². The molecule has 0 fully saturated rings. The number of anilines is 1. The second-order valence-corrected chi connectivity index (χ2v) is 3.57. The SMILES string of the molecule is Cc1noc(NC(=O)CCC(C)CN)n1. The van der Waals surface area contributed by atoms with Gasteiger partial charge in [-0.1, -0.05) is 12.1 Å². The van der Waals surface area contributed by atoms with Crippen LogP contribution >= 0.6 is 0 Å². The van der Waals surface area contributed by atoms with Crippen LogP contribution in [0.3, 0.4) is 0 Å². The quantitative estimate of drug-likeness (QED) is 0.748. The molecule has 1 aromatic rings. The van der Waals surface area contributed by atoms with E-state index < -0.39 is 0 Å². The Bertz CT molecular complexity index is 324. The number of aryl methyl sites for hydroxylation is 1. The number of nitrogens with two attached hydrogens (primary N) is 1. The summed E-state index contributed by atoms with van der Waals surface area (Å²) in [5.41, 5.74) is 5.44. The first-order valence-corrected chi connectivity index (χ1v) is 4.92. The zero-order valence-corrected chi connectivity index (χ0v) is 8.99. The van der Waals surface area contributed by atoms with Gasteiger partial charge in [-0.05, 0) is 25.8 Å². The van der Waals surface area contributed by atoms with Crippen LogP contribution in [0.25, 0.3) is 0 Å². The number of carbonyl (C=O) groups is 1. The minimum Gasteiger partial charge on any atom is -0.330 e. The summed E-state index contributed by atoms with van der Waals surface area (Å²) in [5.74, 6) is 0.722. The van der Waals surface area contributed by atoms with Gasteiger partial charge in [0.1, 0.15) is 0 Å². The molecule has 1 atom stereocenters. The molecule has 3 N–H and O–H groups in total. The lowest BCUT2D eigenvalue weighted by molar-refractivity contribution is -0.116. The number of nitrogens with zero attached hydrogens (tertiary/aromatic N) is 2. The van der Waals surface area contributed by atoms with Gasteiger partial charge in [-0.3, -0.25) is 10.1 Å². The Labute approximate surface area is 88.2 Å². The van der Waals surface area contributed by atoms with Gasteiger partial charge < -0.3 is 10.3 Å². The molecule has 0 saturated carbocycles. The van der Waals surface area contributed by atoms with Crippen LogP contribution in [0.1, 0.15) is 25.6 Å². The maximum absolute atomic E-state index is 11.4. The Morgan fingerprint density at radius 2 is 2.40 bits per heavy atom. The van der Waals surface area contributed by atoms with Crippen LogP contribution in [0, 0.1) is 12.8 Å². The molecular weight excluding hydrogens is 196 g/mol. The van der Waals surface area contributed by atoms with Gasteiger partial charge in [-0.15, -0.1) is 0 Å². The molecule has 0 spiro atoms. The topological polar surface area (TPSA) is 94.0 Å². The van der Waals surface area contributed by atoms with Gasteiger partial charge in [0.2, 0.25) is 5.91 Å². The van der Waals surface area contributed by atoms with Crippen LogP contribution in [0.5, 0.6) is 0 Å². The van der Waals surface area contributed by atoms with Crippen LogP contribution in [0.2, 0.25) is 0 Å². The normalized spacial score (nSPS) is 12.5. The summed E-state index contributed by atoms with van der Waals surface area (Å²) in [6.07, 6.45) is 1.18. The summed E-state index contributed by atoms with van der Waals surface area (Å²) in [6.45, 7) is 4.28. The average molecular weight is 212 g/mol. The van der Waals surface area contributed by atoms with Crippen molar-refractivity contribution in [2.24, 2.45) is 11.7 Å². The molecule has 1 heterocycles. The third-order valence-electron chi connectivity index (χ3n) is 2.04. The van der Waals surface area contributed by atoms with E-state index in [0.717, 1.165) is 6.42 Å². The summed E-state index contributed by atoms with van der Waals surface area (Å²) in [6, 6.07) is 0.151. The van der Waals surface area contributed by atoms with E-state index in [-0.39, 0.29) is 11.9 Å². The second-order valence-electron chi connectivity index (χ2n) is 3.57. The van der Waals surface area contributed by atoms with E-state index in [0.29, 0.717) is 24.7 Å². The van der Waals surface area contributed by atoms with E-state index in [1.54, 1.807) is 6.92 Å². The molecule has 1 unspecified atom stereocenters. The van der Waals surface area contributed by atoms with Crippen molar-refractivity contribution >= 4 is 11.9 Å². The summed E-state index contributed by atoms with van der Waals surface area (Å²) in [5, 5.41) is 6.08. The highest BCUT2D eigenvalue weighted by molar-refractivity contribution is 5.88. The summed E-state index contributed by atoms with van der Waals surface area (Å²) in [4.78, 5) is 15.2. The fourth-order valence-electron chi connectivity index (χ4n) is 1.02. The average Bonchev–Trinajstić information content (AvgIpc) is 2.60. The molecule has 0 saturated heterocycles. The number of carbonyl (C=O) groups excluding carboxylic acids is 1. The van der Waals surface area contributed by atoms with Gasteiger partial charge in [-0.25, -0.2) is 0 Å². The zero-order valence-electron chi connectivity index (χ0n) is 8.99. The van der Waals surface area contributed by atoms with Crippen LogP contribution in [-0.4, -0.2) is 22.6 Å². The fraction of sp³-hybridized carbons (Fsp3) is 0.667. The molecule has 84 valence electrons. The van der Waals surface area contributed by atoms with Gasteiger partial charge in [0.25, 0.3) is 0 Å². The first-order valence-electron chi connectivity index (χ1n) is 4.92. The number of amides is 1. The molecule has 0 aliphatic heterocycles. The van der Waals surface area contributed by atoms with Crippen molar-refractivity contribution in [1.82, 2.24) is 10.1 Å². The Morgan fingerprint density at radius 3 is 2.93 bits per heavy atom. The van der Waals surface area contributed by atoms with E-state index in [9.17, 15) is 4.79 Å². The molecule has 6 heteroatoms. The molecule has 15 heavy (non-hydrogen) atoms. The van der Waals surface area contributed by atoms with Crippen LogP contribution in [-0.2, 0) is 4.79 Å². The minimum atomic E-state index is -0.126. The highest BCUT2D eigenvalue weighted by atomic mass is 16.5. The predicted molar refractivity (Wildman–Crippen MR) is 55.1 cm³/mol. The Morgan fingerprint density at radius 1 is 1.67 bits per heavy atom. The summed E-state index contributed by atoms with van der Waals surface area (Å²) < 4.78 is 4.75. The Hall–Kier alpha value is -1.43. The van der Waals surface area contributed by atoms with Crippen LogP contribution < -0.4 is 11.1 Å². The van der Waals surface area contributed by atoms with Crippen LogP contribution in [0.4, 0.5) is 6.01 Å². The smallest absolute Gasteiger partial charge is 0.328 e. The molecule has 1 aromatic heterocycles. The molecule has 6 nitrogen and oxygen atoms in total. The fourth-order valence-corrected chi connectivity index (χ4v) is 1.02. The largest absolute Gasteiger partial charge is 0.330 e. The summed E-state index contributed by atoms with van der Waals surface area (Å²) in [7, 11) is 0. The zero-order chi connectivity index (χ0) is 11.3. The lowest BCUT2D eigenvalue weighted by atomic mass is 10.1. The molecule has 0 aromatic carbocycles. The van der Waals surface area contributed by atoms with E-state index in [2.05, 4.69) is 15.5 Å². The predicted octanol–water partition coefficient (Wildman–Crippen LogP) is 0.692. The van der Waals surface area contributed by atoms with Crippen molar-refractivity contribution in [2.45, 2.75) is 26.7 Å². The van der Waals surface area contributed by atoms with E-state index in [4.69, 9.17) is 10.3 Å². The number of hydrogen-bond donors (Lipinski definition) is 2. The molecule has 0 aliphatic carbocycles. The highest BCUT2D eigenvalue weighted by Crippen LogP contribution is 2.06. The maximum atomic E-state index is 11.4. The third kappa shape index (κ3) is 4.07. The van der Waals surface area contributed by atoms with Crippen molar-refractivity contribution < 1.29 is 9.32 Å². The molecule has 0 aliphatic rings. The molecular formula is C9H16N4O2. The summed E-state index contributed by atoms with van der Waals surface area (Å²) >= 11 is 0. The Balaban J connectivity index is 2.30. The number of aromatic nitrogens is 2. The second kappa shape index (κ2) is 5.45. The van der Waals surface area contributed by atoms with Gasteiger partial charge in [0.05, 0.1) is 0 Å². The molecule has 1 amide bonds. The number of nitrogens with one attached hydrogen (secondary N) is 1. The monoisotopic (exact) mass is 212 g/mol.